The lowest BCUT2D eigenvalue weighted by Crippen LogP contribution is -2.42. The topological polar surface area (TPSA) is 72.6 Å². The van der Waals surface area contributed by atoms with Crippen LogP contribution in [0.5, 0.6) is 5.75 Å². The second kappa shape index (κ2) is 7.37. The van der Waals surface area contributed by atoms with Crippen molar-refractivity contribution in [3.05, 3.63) is 101 Å². The first-order valence-electron chi connectivity index (χ1n) is 8.06. The van der Waals surface area contributed by atoms with Crippen molar-refractivity contribution in [1.82, 2.24) is 0 Å². The van der Waals surface area contributed by atoms with Crippen molar-refractivity contribution in [3.63, 3.8) is 0 Å². The van der Waals surface area contributed by atoms with Crippen LogP contribution in [0.2, 0.25) is 0 Å². The average Bonchev–Trinajstić information content (AvgIpc) is 2.67. The van der Waals surface area contributed by atoms with Gasteiger partial charge in [-0.1, -0.05) is 54.6 Å². The summed E-state index contributed by atoms with van der Waals surface area (Å²) in [6.07, 6.45) is 0. The van der Waals surface area contributed by atoms with Crippen LogP contribution in [0, 0.1) is 5.82 Å². The van der Waals surface area contributed by atoms with Crippen LogP contribution in [0.1, 0.15) is 16.7 Å². The van der Waals surface area contributed by atoms with Crippen LogP contribution in [-0.4, -0.2) is 11.0 Å². The molecule has 0 aliphatic heterocycles. The Morgan fingerprint density at radius 1 is 0.962 bits per heavy atom. The number of benzene rings is 3. The molecule has 0 heterocycles. The standard InChI is InChI=1S/C21H18FNO3/c22-18-8-4-5-15(13-18)14-26-19-11-9-17(10-12-19)21(25,20(23)24)16-6-2-1-3-7-16/h1-13,25H,14H2,(H2,23,24). The molecule has 3 rings (SSSR count). The number of ether oxygens (including phenoxy) is 1. The Bertz CT molecular complexity index is 897. The molecule has 3 aromatic carbocycles. The Kier molecular flexibility index (Phi) is 5.00. The third kappa shape index (κ3) is 3.58. The lowest BCUT2D eigenvalue weighted by molar-refractivity contribution is -0.133. The van der Waals surface area contributed by atoms with Crippen molar-refractivity contribution in [3.8, 4) is 5.75 Å². The molecule has 1 atom stereocenters. The summed E-state index contributed by atoms with van der Waals surface area (Å²) < 4.78 is 18.8. The zero-order valence-corrected chi connectivity index (χ0v) is 13.9. The van der Waals surface area contributed by atoms with Gasteiger partial charge in [0.25, 0.3) is 5.91 Å². The smallest absolute Gasteiger partial charge is 0.258 e. The molecule has 1 unspecified atom stereocenters. The lowest BCUT2D eigenvalue weighted by atomic mass is 9.86. The summed E-state index contributed by atoms with van der Waals surface area (Å²) in [4.78, 5) is 12.0. The number of hydrogen-bond acceptors (Lipinski definition) is 3. The minimum Gasteiger partial charge on any atom is -0.489 e. The summed E-state index contributed by atoms with van der Waals surface area (Å²) >= 11 is 0. The average molecular weight is 351 g/mol. The van der Waals surface area contributed by atoms with Gasteiger partial charge in [0, 0.05) is 0 Å². The van der Waals surface area contributed by atoms with Crippen molar-refractivity contribution in [2.45, 2.75) is 12.2 Å². The number of amides is 1. The Morgan fingerprint density at radius 3 is 2.23 bits per heavy atom. The first-order chi connectivity index (χ1) is 12.5. The van der Waals surface area contributed by atoms with Gasteiger partial charge < -0.3 is 15.6 Å². The van der Waals surface area contributed by atoms with Crippen molar-refractivity contribution < 1.29 is 19.0 Å². The van der Waals surface area contributed by atoms with E-state index in [4.69, 9.17) is 10.5 Å². The first kappa shape index (κ1) is 17.6. The highest BCUT2D eigenvalue weighted by molar-refractivity contribution is 5.88. The van der Waals surface area contributed by atoms with Crippen molar-refractivity contribution in [2.75, 3.05) is 0 Å². The van der Waals surface area contributed by atoms with Gasteiger partial charge in [-0.2, -0.15) is 0 Å². The second-order valence-electron chi connectivity index (χ2n) is 5.88. The number of nitrogens with two attached hydrogens (primary N) is 1. The number of hydrogen-bond donors (Lipinski definition) is 2. The fraction of sp³-hybridized carbons (Fsp3) is 0.0952. The molecule has 1 amide bonds. The Morgan fingerprint density at radius 2 is 1.62 bits per heavy atom. The third-order valence-corrected chi connectivity index (χ3v) is 4.11. The lowest BCUT2D eigenvalue weighted by Gasteiger charge is -2.25. The zero-order chi connectivity index (χ0) is 18.6. The molecule has 0 aliphatic carbocycles. The fourth-order valence-corrected chi connectivity index (χ4v) is 2.72. The van der Waals surface area contributed by atoms with Crippen LogP contribution in [-0.2, 0) is 17.0 Å². The normalized spacial score (nSPS) is 13.0. The predicted molar refractivity (Wildman–Crippen MR) is 95.8 cm³/mol. The SMILES string of the molecule is NC(=O)C(O)(c1ccccc1)c1ccc(OCc2cccc(F)c2)cc1. The van der Waals surface area contributed by atoms with Gasteiger partial charge in [-0.3, -0.25) is 4.79 Å². The van der Waals surface area contributed by atoms with Gasteiger partial charge in [0.1, 0.15) is 18.2 Å². The van der Waals surface area contributed by atoms with Crippen molar-refractivity contribution in [1.29, 1.82) is 0 Å². The number of halogens is 1. The molecule has 132 valence electrons. The highest BCUT2D eigenvalue weighted by atomic mass is 19.1. The first-order valence-corrected chi connectivity index (χ1v) is 8.06. The number of rotatable bonds is 6. The van der Waals surface area contributed by atoms with E-state index in [0.717, 1.165) is 0 Å². The van der Waals surface area contributed by atoms with Gasteiger partial charge in [-0.15, -0.1) is 0 Å². The summed E-state index contributed by atoms with van der Waals surface area (Å²) in [5, 5.41) is 10.9. The highest BCUT2D eigenvalue weighted by Crippen LogP contribution is 2.30. The van der Waals surface area contributed by atoms with Crippen LogP contribution in [0.3, 0.4) is 0 Å². The second-order valence-corrected chi connectivity index (χ2v) is 5.88. The number of carbonyl (C=O) groups excluding carboxylic acids is 1. The van der Waals surface area contributed by atoms with E-state index in [0.29, 0.717) is 22.4 Å². The summed E-state index contributed by atoms with van der Waals surface area (Å²) in [7, 11) is 0. The molecule has 0 saturated carbocycles. The highest BCUT2D eigenvalue weighted by Gasteiger charge is 2.37. The molecule has 5 heteroatoms. The summed E-state index contributed by atoms with van der Waals surface area (Å²) in [5.74, 6) is -0.661. The van der Waals surface area contributed by atoms with E-state index in [-0.39, 0.29) is 12.4 Å². The van der Waals surface area contributed by atoms with Crippen molar-refractivity contribution >= 4 is 5.91 Å². The Labute approximate surface area is 150 Å². The minimum atomic E-state index is -1.93. The van der Waals surface area contributed by atoms with Crippen LogP contribution in [0.25, 0.3) is 0 Å². The van der Waals surface area contributed by atoms with E-state index in [9.17, 15) is 14.3 Å². The van der Waals surface area contributed by atoms with Gasteiger partial charge in [0.15, 0.2) is 5.60 Å². The molecule has 0 saturated heterocycles. The van der Waals surface area contributed by atoms with E-state index >= 15 is 0 Å². The van der Waals surface area contributed by atoms with Crippen LogP contribution < -0.4 is 10.5 Å². The quantitative estimate of drug-likeness (QED) is 0.717. The molecular formula is C21H18FNO3. The van der Waals surface area contributed by atoms with Crippen molar-refractivity contribution in [2.24, 2.45) is 5.73 Å². The van der Waals surface area contributed by atoms with E-state index in [2.05, 4.69) is 0 Å². The molecule has 4 nitrogen and oxygen atoms in total. The van der Waals surface area contributed by atoms with Crippen LogP contribution >= 0.6 is 0 Å². The molecule has 0 fully saturated rings. The van der Waals surface area contributed by atoms with E-state index in [1.54, 1.807) is 66.7 Å². The molecule has 0 aromatic heterocycles. The monoisotopic (exact) mass is 351 g/mol. The van der Waals surface area contributed by atoms with Crippen LogP contribution in [0.4, 0.5) is 4.39 Å². The predicted octanol–water partition coefficient (Wildman–Crippen LogP) is 3.13. The maximum Gasteiger partial charge on any atom is 0.258 e. The minimum absolute atomic E-state index is 0.204. The Hall–Kier alpha value is -3.18. The summed E-state index contributed by atoms with van der Waals surface area (Å²) in [6, 6.07) is 21.1. The molecule has 0 radical (unpaired) electrons. The third-order valence-electron chi connectivity index (χ3n) is 4.11. The summed E-state index contributed by atoms with van der Waals surface area (Å²) in [6.45, 7) is 0.204. The number of primary amides is 1. The van der Waals surface area contributed by atoms with E-state index in [1.165, 1.54) is 12.1 Å². The zero-order valence-electron chi connectivity index (χ0n) is 13.9. The van der Waals surface area contributed by atoms with Crippen LogP contribution in [0.15, 0.2) is 78.9 Å². The molecule has 0 spiro atoms. The van der Waals surface area contributed by atoms with E-state index < -0.39 is 11.5 Å². The molecule has 0 bridgehead atoms. The largest absolute Gasteiger partial charge is 0.489 e. The van der Waals surface area contributed by atoms with Gasteiger partial charge in [-0.05, 0) is 41.0 Å². The summed E-state index contributed by atoms with van der Waals surface area (Å²) in [5.41, 5.74) is 4.97. The molecular weight excluding hydrogens is 333 g/mol. The Balaban J connectivity index is 1.80. The fourth-order valence-electron chi connectivity index (χ4n) is 2.72. The van der Waals surface area contributed by atoms with Gasteiger partial charge in [0.05, 0.1) is 0 Å². The van der Waals surface area contributed by atoms with Gasteiger partial charge in [-0.25, -0.2) is 4.39 Å². The number of carbonyl (C=O) groups is 1. The van der Waals surface area contributed by atoms with Gasteiger partial charge >= 0.3 is 0 Å². The molecule has 0 aliphatic rings. The molecule has 3 N–H and O–H groups in total. The molecule has 26 heavy (non-hydrogen) atoms. The molecule has 3 aromatic rings. The maximum atomic E-state index is 13.2. The number of aliphatic hydroxyl groups is 1. The van der Waals surface area contributed by atoms with Gasteiger partial charge in [0.2, 0.25) is 0 Å². The maximum absolute atomic E-state index is 13.2. The van der Waals surface area contributed by atoms with E-state index in [1.807, 2.05) is 0 Å².